The number of rotatable bonds is 14. The molecule has 0 spiro atoms. The van der Waals surface area contributed by atoms with Gasteiger partial charge in [-0.05, 0) is 42.7 Å². The average Bonchev–Trinajstić information content (AvgIpc) is 3.01. The summed E-state index contributed by atoms with van der Waals surface area (Å²) in [5, 5.41) is 3.29. The van der Waals surface area contributed by atoms with Gasteiger partial charge in [-0.15, -0.1) is 0 Å². The molecule has 0 amide bonds. The maximum atomic E-state index is 13.9. The molecule has 3 rings (SSSR count). The Hall–Kier alpha value is -2.69. The Kier molecular flexibility index (Phi) is 10.7. The lowest BCUT2D eigenvalue weighted by molar-refractivity contribution is 0.0412. The second-order valence-corrected chi connectivity index (χ2v) is 10.8. The Morgan fingerprint density at radius 1 is 1.03 bits per heavy atom. The second kappa shape index (κ2) is 13.7. The van der Waals surface area contributed by atoms with Gasteiger partial charge in [-0.25, -0.2) is 8.42 Å². The Bertz CT molecular complexity index is 1100. The van der Waals surface area contributed by atoms with Crippen molar-refractivity contribution in [1.29, 1.82) is 0 Å². The van der Waals surface area contributed by atoms with Gasteiger partial charge in [0.2, 0.25) is 15.8 Å². The van der Waals surface area contributed by atoms with E-state index in [1.807, 2.05) is 19.1 Å². The van der Waals surface area contributed by atoms with Gasteiger partial charge in [0.05, 0.1) is 40.2 Å². The number of methoxy groups -OCH3 is 3. The fourth-order valence-corrected chi connectivity index (χ4v) is 5.99. The lowest BCUT2D eigenvalue weighted by Crippen LogP contribution is -2.39. The van der Waals surface area contributed by atoms with Crippen molar-refractivity contribution in [2.24, 2.45) is 0 Å². The first-order valence-electron chi connectivity index (χ1n) is 12.8. The molecule has 2 aromatic carbocycles. The molecular formula is C27H40N2O7S. The zero-order valence-corrected chi connectivity index (χ0v) is 23.4. The van der Waals surface area contributed by atoms with Gasteiger partial charge in [-0.3, -0.25) is 0 Å². The maximum Gasteiger partial charge on any atom is 0.248 e. The van der Waals surface area contributed by atoms with Gasteiger partial charge in [0.1, 0.15) is 16.7 Å². The Balaban J connectivity index is 1.92. The number of nitrogens with zero attached hydrogens (tertiary/aromatic N) is 1. The summed E-state index contributed by atoms with van der Waals surface area (Å²) in [5.74, 6) is 1.88. The van der Waals surface area contributed by atoms with E-state index in [0.717, 1.165) is 31.2 Å². The number of unbranched alkanes of at least 4 members (excludes halogenated alkanes) is 2. The summed E-state index contributed by atoms with van der Waals surface area (Å²) >= 11 is 0. The summed E-state index contributed by atoms with van der Waals surface area (Å²) in [6.45, 7) is 6.12. The largest absolute Gasteiger partial charge is 0.493 e. The van der Waals surface area contributed by atoms with Crippen LogP contribution in [-0.4, -0.2) is 66.5 Å². The highest BCUT2D eigenvalue weighted by Gasteiger charge is 2.36. The molecule has 1 aliphatic heterocycles. The topological polar surface area (TPSA) is 95.6 Å². The number of hydrogen-bond donors (Lipinski definition) is 1. The van der Waals surface area contributed by atoms with E-state index in [1.54, 1.807) is 39.5 Å². The van der Waals surface area contributed by atoms with Gasteiger partial charge in [0, 0.05) is 19.7 Å². The van der Waals surface area contributed by atoms with Gasteiger partial charge in [0.25, 0.3) is 0 Å². The van der Waals surface area contributed by atoms with E-state index in [0.29, 0.717) is 55.0 Å². The molecule has 1 aliphatic rings. The van der Waals surface area contributed by atoms with Crippen LogP contribution < -0.4 is 24.3 Å². The van der Waals surface area contributed by atoms with Crippen LogP contribution in [0.4, 0.5) is 5.69 Å². The first kappa shape index (κ1) is 28.9. The van der Waals surface area contributed by atoms with Gasteiger partial charge in [-0.2, -0.15) is 4.31 Å². The normalized spacial score (nSPS) is 16.8. The molecule has 37 heavy (non-hydrogen) atoms. The number of nitrogens with one attached hydrogen (secondary N) is 1. The van der Waals surface area contributed by atoms with E-state index in [1.165, 1.54) is 4.31 Å². The molecule has 0 aliphatic carbocycles. The molecule has 10 heteroatoms. The van der Waals surface area contributed by atoms with Crippen molar-refractivity contribution in [3.63, 3.8) is 0 Å². The van der Waals surface area contributed by atoms with E-state index >= 15 is 0 Å². The highest BCUT2D eigenvalue weighted by Crippen LogP contribution is 2.40. The van der Waals surface area contributed by atoms with Gasteiger partial charge in [-0.1, -0.05) is 32.8 Å². The molecule has 1 heterocycles. The van der Waals surface area contributed by atoms with Crippen molar-refractivity contribution in [3.8, 4) is 23.0 Å². The van der Waals surface area contributed by atoms with Crippen LogP contribution in [0, 0.1) is 0 Å². The zero-order chi connectivity index (χ0) is 26.8. The number of hydrogen-bond acceptors (Lipinski definition) is 8. The van der Waals surface area contributed by atoms with Gasteiger partial charge in [0.15, 0.2) is 11.5 Å². The van der Waals surface area contributed by atoms with E-state index in [-0.39, 0.29) is 11.4 Å². The van der Waals surface area contributed by atoms with E-state index in [9.17, 15) is 8.42 Å². The van der Waals surface area contributed by atoms with Crippen molar-refractivity contribution in [1.82, 2.24) is 4.31 Å². The van der Waals surface area contributed by atoms with Crippen LogP contribution in [0.1, 0.15) is 45.1 Å². The molecule has 206 valence electrons. The molecule has 0 fully saturated rings. The minimum atomic E-state index is -3.81. The second-order valence-electron chi connectivity index (χ2n) is 8.90. The number of ether oxygens (including phenoxy) is 5. The molecule has 0 aromatic heterocycles. The molecule has 0 saturated heterocycles. The maximum absolute atomic E-state index is 13.9. The lowest BCUT2D eigenvalue weighted by Gasteiger charge is -2.23. The zero-order valence-electron chi connectivity index (χ0n) is 22.5. The predicted molar refractivity (Wildman–Crippen MR) is 144 cm³/mol. The van der Waals surface area contributed by atoms with Crippen molar-refractivity contribution in [3.05, 3.63) is 35.9 Å². The molecule has 1 N–H and O–H groups in total. The van der Waals surface area contributed by atoms with Crippen molar-refractivity contribution in [2.75, 3.05) is 52.9 Å². The third-order valence-electron chi connectivity index (χ3n) is 6.19. The third-order valence-corrected chi connectivity index (χ3v) is 8.14. The quantitative estimate of drug-likeness (QED) is 0.348. The minimum absolute atomic E-state index is 0.148. The molecule has 0 radical (unpaired) electrons. The number of fused-ring (bicyclic) bond motifs is 1. The molecule has 2 aromatic rings. The lowest BCUT2D eigenvalue weighted by atomic mass is 10.1. The number of anilines is 1. The van der Waals surface area contributed by atoms with Crippen LogP contribution in [0.25, 0.3) is 0 Å². The van der Waals surface area contributed by atoms with Gasteiger partial charge >= 0.3 is 0 Å². The number of sulfonamides is 1. The molecular weight excluding hydrogens is 496 g/mol. The molecule has 0 saturated carbocycles. The molecule has 9 nitrogen and oxygen atoms in total. The molecule has 1 unspecified atom stereocenters. The Morgan fingerprint density at radius 3 is 2.35 bits per heavy atom. The molecule has 1 atom stereocenters. The van der Waals surface area contributed by atoms with Crippen LogP contribution in [0.3, 0.4) is 0 Å². The first-order valence-corrected chi connectivity index (χ1v) is 14.2. The van der Waals surface area contributed by atoms with Crippen molar-refractivity contribution < 1.29 is 32.1 Å². The summed E-state index contributed by atoms with van der Waals surface area (Å²) in [4.78, 5) is 0.148. The van der Waals surface area contributed by atoms with Crippen molar-refractivity contribution >= 4 is 15.7 Å². The van der Waals surface area contributed by atoms with E-state index in [4.69, 9.17) is 23.7 Å². The monoisotopic (exact) mass is 536 g/mol. The highest BCUT2D eigenvalue weighted by molar-refractivity contribution is 7.89. The minimum Gasteiger partial charge on any atom is -0.493 e. The van der Waals surface area contributed by atoms with Crippen molar-refractivity contribution in [2.45, 2.75) is 57.1 Å². The SMILES string of the molecule is CCCCOCC1CN(CCCC)S(=O)(=O)c2c(NCc3cc(OC)c(OC)c(OC)c3)cccc2O1. The first-order chi connectivity index (χ1) is 17.9. The summed E-state index contributed by atoms with van der Waals surface area (Å²) in [6, 6.07) is 8.92. The standard InChI is InChI=1S/C27H40N2O7S/c1-6-8-13-29-18-21(19-35-14-9-7-2)36-23-12-10-11-22(27(23)37(29,30)31)28-17-20-15-24(32-3)26(34-5)25(16-20)33-4/h10-12,15-16,21,28H,6-9,13-14,17-19H2,1-5H3. The fourth-order valence-electron chi connectivity index (χ4n) is 4.21. The number of benzene rings is 2. The van der Waals surface area contributed by atoms with Crippen LogP contribution in [0.5, 0.6) is 23.0 Å². The van der Waals surface area contributed by atoms with Gasteiger partial charge < -0.3 is 29.0 Å². The summed E-state index contributed by atoms with van der Waals surface area (Å²) in [5.41, 5.74) is 1.31. The van der Waals surface area contributed by atoms with Crippen LogP contribution >= 0.6 is 0 Å². The highest BCUT2D eigenvalue weighted by atomic mass is 32.2. The fraction of sp³-hybridized carbons (Fsp3) is 0.556. The molecule has 0 bridgehead atoms. The van der Waals surface area contributed by atoms with Crippen LogP contribution in [-0.2, 0) is 21.3 Å². The average molecular weight is 537 g/mol. The summed E-state index contributed by atoms with van der Waals surface area (Å²) in [7, 11) is 0.857. The third kappa shape index (κ3) is 7.00. The predicted octanol–water partition coefficient (Wildman–Crippen LogP) is 4.69. The van der Waals surface area contributed by atoms with Crippen LogP contribution in [0.2, 0.25) is 0 Å². The Labute approximate surface area is 221 Å². The van der Waals surface area contributed by atoms with E-state index in [2.05, 4.69) is 12.2 Å². The summed E-state index contributed by atoms with van der Waals surface area (Å²) in [6.07, 6.45) is 3.25. The Morgan fingerprint density at radius 2 is 1.73 bits per heavy atom. The smallest absolute Gasteiger partial charge is 0.248 e. The van der Waals surface area contributed by atoms with Crippen LogP contribution in [0.15, 0.2) is 35.2 Å². The van der Waals surface area contributed by atoms with E-state index < -0.39 is 16.1 Å². The summed E-state index contributed by atoms with van der Waals surface area (Å²) < 4.78 is 57.6.